The van der Waals surface area contributed by atoms with Gasteiger partial charge in [-0.25, -0.2) is 4.79 Å². The lowest BCUT2D eigenvalue weighted by atomic mass is 9.92. The topological polar surface area (TPSA) is 26.3 Å². The molecule has 0 aromatic heterocycles. The summed E-state index contributed by atoms with van der Waals surface area (Å²) in [5.74, 6) is -0.299. The van der Waals surface area contributed by atoms with Crippen molar-refractivity contribution < 1.29 is 9.53 Å². The molecule has 1 aromatic rings. The van der Waals surface area contributed by atoms with Crippen LogP contribution in [0.3, 0.4) is 0 Å². The highest BCUT2D eigenvalue weighted by molar-refractivity contribution is 6.01. The van der Waals surface area contributed by atoms with Crippen molar-refractivity contribution in [3.05, 3.63) is 65.8 Å². The van der Waals surface area contributed by atoms with E-state index in [-0.39, 0.29) is 5.97 Å². The van der Waals surface area contributed by atoms with Crippen LogP contribution in [0, 0.1) is 6.92 Å². The van der Waals surface area contributed by atoms with Gasteiger partial charge in [-0.1, -0.05) is 42.5 Å². The lowest BCUT2D eigenvalue weighted by Crippen LogP contribution is -2.10. The molecule has 0 unspecified atom stereocenters. The molecular formula is C18H22O2. The maximum atomic E-state index is 12.2. The van der Waals surface area contributed by atoms with Crippen LogP contribution in [0.4, 0.5) is 0 Å². The fourth-order valence-corrected chi connectivity index (χ4v) is 2.13. The Morgan fingerprint density at radius 1 is 1.40 bits per heavy atom. The van der Waals surface area contributed by atoms with Crippen LogP contribution in [-0.2, 0) is 9.53 Å². The highest BCUT2D eigenvalue weighted by atomic mass is 16.5. The minimum Gasteiger partial charge on any atom is -0.463 e. The summed E-state index contributed by atoms with van der Waals surface area (Å²) < 4.78 is 5.15. The normalized spacial score (nSPS) is 11.6. The van der Waals surface area contributed by atoms with E-state index in [1.54, 1.807) is 13.0 Å². The van der Waals surface area contributed by atoms with Gasteiger partial charge in [0.25, 0.3) is 0 Å². The van der Waals surface area contributed by atoms with Gasteiger partial charge in [-0.05, 0) is 43.9 Å². The van der Waals surface area contributed by atoms with Gasteiger partial charge >= 0.3 is 5.97 Å². The molecule has 0 spiro atoms. The third kappa shape index (κ3) is 3.95. The molecule has 0 aliphatic rings. The third-order valence-electron chi connectivity index (χ3n) is 2.91. The molecule has 0 atom stereocenters. The second kappa shape index (κ2) is 7.49. The Morgan fingerprint density at radius 2 is 2.10 bits per heavy atom. The van der Waals surface area contributed by atoms with Gasteiger partial charge < -0.3 is 4.74 Å². The molecule has 20 heavy (non-hydrogen) atoms. The summed E-state index contributed by atoms with van der Waals surface area (Å²) in [4.78, 5) is 12.2. The molecule has 1 rings (SSSR count). The first-order chi connectivity index (χ1) is 9.51. The van der Waals surface area contributed by atoms with Crippen molar-refractivity contribution in [2.75, 3.05) is 6.61 Å². The van der Waals surface area contributed by atoms with Gasteiger partial charge in [-0.3, -0.25) is 0 Å². The van der Waals surface area contributed by atoms with E-state index < -0.39 is 0 Å². The molecule has 0 radical (unpaired) electrons. The molecule has 0 bridgehead atoms. The van der Waals surface area contributed by atoms with Gasteiger partial charge in [0.1, 0.15) is 0 Å². The summed E-state index contributed by atoms with van der Waals surface area (Å²) in [6.07, 6.45) is 2.18. The van der Waals surface area contributed by atoms with E-state index in [4.69, 9.17) is 4.74 Å². The molecule has 0 saturated carbocycles. The number of hydrogen-bond donors (Lipinski definition) is 0. The average Bonchev–Trinajstić information content (AvgIpc) is 2.38. The van der Waals surface area contributed by atoms with Crippen LogP contribution < -0.4 is 0 Å². The largest absolute Gasteiger partial charge is 0.463 e. The number of aryl methyl sites for hydroxylation is 1. The molecule has 0 N–H and O–H groups in total. The number of carbonyl (C=O) groups is 1. The molecular weight excluding hydrogens is 248 g/mol. The predicted octanol–water partition coefficient (Wildman–Crippen LogP) is 4.46. The number of allylic oxidation sites excluding steroid dienone is 3. The Morgan fingerprint density at radius 3 is 2.60 bits per heavy atom. The number of ether oxygens (including phenoxy) is 1. The van der Waals surface area contributed by atoms with Crippen LogP contribution in [-0.4, -0.2) is 12.6 Å². The van der Waals surface area contributed by atoms with Gasteiger partial charge in [0.2, 0.25) is 0 Å². The first kappa shape index (κ1) is 16.0. The van der Waals surface area contributed by atoms with Crippen LogP contribution in [0.5, 0.6) is 0 Å². The van der Waals surface area contributed by atoms with Crippen molar-refractivity contribution in [2.45, 2.75) is 27.2 Å². The summed E-state index contributed by atoms with van der Waals surface area (Å²) in [5.41, 5.74) is 4.44. The highest BCUT2D eigenvalue weighted by Gasteiger charge is 2.17. The van der Waals surface area contributed by atoms with E-state index in [0.29, 0.717) is 18.6 Å². The second-order valence-corrected chi connectivity index (χ2v) is 4.72. The molecule has 2 nitrogen and oxygen atoms in total. The summed E-state index contributed by atoms with van der Waals surface area (Å²) in [5, 5.41) is 0. The van der Waals surface area contributed by atoms with Crippen LogP contribution in [0.25, 0.3) is 5.57 Å². The van der Waals surface area contributed by atoms with Crippen molar-refractivity contribution in [1.82, 2.24) is 0 Å². The molecule has 0 fully saturated rings. The Kier molecular flexibility index (Phi) is 5.98. The maximum Gasteiger partial charge on any atom is 0.334 e. The van der Waals surface area contributed by atoms with Crippen LogP contribution in [0.1, 0.15) is 31.4 Å². The van der Waals surface area contributed by atoms with Crippen LogP contribution >= 0.6 is 0 Å². The van der Waals surface area contributed by atoms with E-state index in [0.717, 1.165) is 22.3 Å². The fourth-order valence-electron chi connectivity index (χ4n) is 2.13. The zero-order chi connectivity index (χ0) is 15.1. The maximum absolute atomic E-state index is 12.2. The monoisotopic (exact) mass is 270 g/mol. The highest BCUT2D eigenvalue weighted by Crippen LogP contribution is 2.28. The minimum atomic E-state index is -0.299. The zero-order valence-electron chi connectivity index (χ0n) is 12.5. The molecule has 0 aliphatic carbocycles. The standard InChI is InChI=1S/C18H22O2/c1-6-9-16(18(19)20-7-2)17(13(3)4)15-11-8-10-14(5)12-15/h6,8,10-12H,1,3,7,9H2,2,4-5H3/b17-16+. The molecule has 0 aliphatic heterocycles. The Balaban J connectivity index is 3.45. The van der Waals surface area contributed by atoms with E-state index in [1.807, 2.05) is 38.1 Å². The smallest absolute Gasteiger partial charge is 0.334 e. The third-order valence-corrected chi connectivity index (χ3v) is 2.91. The Bertz CT molecular complexity index is 550. The molecule has 106 valence electrons. The molecule has 1 aromatic carbocycles. The first-order valence-electron chi connectivity index (χ1n) is 6.75. The van der Waals surface area contributed by atoms with Gasteiger partial charge in [0, 0.05) is 5.57 Å². The van der Waals surface area contributed by atoms with Crippen molar-refractivity contribution >= 4 is 11.5 Å². The second-order valence-electron chi connectivity index (χ2n) is 4.72. The summed E-state index contributed by atoms with van der Waals surface area (Å²) >= 11 is 0. The quantitative estimate of drug-likeness (QED) is 0.330. The summed E-state index contributed by atoms with van der Waals surface area (Å²) in [7, 11) is 0. The van der Waals surface area contributed by atoms with Crippen molar-refractivity contribution in [2.24, 2.45) is 0 Å². The molecule has 0 amide bonds. The number of carbonyl (C=O) groups excluding carboxylic acids is 1. The molecule has 0 heterocycles. The van der Waals surface area contributed by atoms with Gasteiger partial charge in [-0.15, -0.1) is 6.58 Å². The van der Waals surface area contributed by atoms with Crippen molar-refractivity contribution in [1.29, 1.82) is 0 Å². The number of hydrogen-bond acceptors (Lipinski definition) is 2. The molecule has 2 heteroatoms. The van der Waals surface area contributed by atoms with Gasteiger partial charge in [0.05, 0.1) is 6.61 Å². The van der Waals surface area contributed by atoms with Crippen molar-refractivity contribution in [3.8, 4) is 0 Å². The Hall–Kier alpha value is -2.09. The summed E-state index contributed by atoms with van der Waals surface area (Å²) in [6, 6.07) is 8.03. The zero-order valence-corrected chi connectivity index (χ0v) is 12.5. The molecule has 0 saturated heterocycles. The van der Waals surface area contributed by atoms with E-state index in [1.165, 1.54) is 0 Å². The van der Waals surface area contributed by atoms with Crippen molar-refractivity contribution in [3.63, 3.8) is 0 Å². The minimum absolute atomic E-state index is 0.299. The summed E-state index contributed by atoms with van der Waals surface area (Å²) in [6.45, 7) is 13.8. The van der Waals surface area contributed by atoms with Crippen LogP contribution in [0.15, 0.2) is 54.6 Å². The SMILES string of the molecule is C=CC/C(C(=O)OCC)=C(/C(=C)C)c1cccc(C)c1. The fraction of sp³-hybridized carbons (Fsp3) is 0.278. The average molecular weight is 270 g/mol. The van der Waals surface area contributed by atoms with Crippen LogP contribution in [0.2, 0.25) is 0 Å². The van der Waals surface area contributed by atoms with E-state index >= 15 is 0 Å². The van der Waals surface area contributed by atoms with Gasteiger partial charge in [0.15, 0.2) is 0 Å². The first-order valence-corrected chi connectivity index (χ1v) is 6.75. The number of rotatable bonds is 6. The number of esters is 1. The lowest BCUT2D eigenvalue weighted by Gasteiger charge is -2.14. The van der Waals surface area contributed by atoms with E-state index in [2.05, 4.69) is 13.2 Å². The Labute approximate surface area is 121 Å². The number of benzene rings is 1. The van der Waals surface area contributed by atoms with Gasteiger partial charge in [-0.2, -0.15) is 0 Å². The lowest BCUT2D eigenvalue weighted by molar-refractivity contribution is -0.138. The van der Waals surface area contributed by atoms with E-state index in [9.17, 15) is 4.79 Å². The predicted molar refractivity (Wildman–Crippen MR) is 84.4 cm³/mol.